The molecule has 131 heavy (non-hydrogen) atoms. The highest BCUT2D eigenvalue weighted by Gasteiger charge is 2.43. The van der Waals surface area contributed by atoms with Gasteiger partial charge in [-0.05, 0) is 163 Å². The van der Waals surface area contributed by atoms with Gasteiger partial charge < -0.3 is 41.5 Å². The number of nitriles is 1. The van der Waals surface area contributed by atoms with Crippen LogP contribution in [0.1, 0.15) is 139 Å². The number of alkyl halides is 15. The Kier molecular flexibility index (Phi) is 45.1. The van der Waals surface area contributed by atoms with Gasteiger partial charge in [0.15, 0.2) is 44.6 Å². The number of aliphatic imine (C=N–C) groups is 3. The summed E-state index contributed by atoms with van der Waals surface area (Å²) in [6.07, 6.45) is -11.5. The Balaban J connectivity index is 0.000000237. The number of H-pyrrole nitrogens is 1. The number of halogens is 18. The molecule has 704 valence electrons. The highest BCUT2D eigenvalue weighted by atomic mass is 79.9. The van der Waals surface area contributed by atoms with Crippen molar-refractivity contribution in [3.8, 4) is 28.5 Å². The molecule has 0 spiro atoms. The first-order valence-corrected chi connectivity index (χ1v) is 47.9. The van der Waals surface area contributed by atoms with Crippen molar-refractivity contribution >= 4 is 255 Å². The second-order valence-electron chi connectivity index (χ2n) is 25.3. The molecule has 9 heterocycles. The van der Waals surface area contributed by atoms with Gasteiger partial charge in [0.1, 0.15) is 26.1 Å². The number of fused-ring (bicyclic) bond motifs is 1. The van der Waals surface area contributed by atoms with Crippen molar-refractivity contribution in [1.29, 1.82) is 5.26 Å². The van der Waals surface area contributed by atoms with E-state index in [1.807, 2.05) is 127 Å². The third kappa shape index (κ3) is 38.2. The SMILES string of the molecule is CCCCCCCCn1sccc1=O.CCNc1nc(CC)c(C(=O)NC(C#N)c2cccs2)s1.CCOc1nc(C(Cl)(Cl)Cl)ns1.CN=C1SC(=NC(F)(F)F)C(=NC(F)(F)F)N1c1ccc(Cl)cc1.Cc1nc(C(F)(F)F)c(C(=O)Nc2c(Br)cc(OC(F)(F)F)cc2Br)s1.Cc1nc(C)c(C(=O)Nc2ccccc2)s1.NC(=O)S.c1ccc2[nH]c(-c3cscn3)nc2c1. The van der Waals surface area contributed by atoms with Gasteiger partial charge in [-0.15, -0.1) is 84.9 Å². The first kappa shape index (κ1) is 111. The van der Waals surface area contributed by atoms with E-state index in [2.05, 4.69) is 143 Å². The summed E-state index contributed by atoms with van der Waals surface area (Å²) in [5.41, 5.74) is 10.3. The second kappa shape index (κ2) is 53.3. The van der Waals surface area contributed by atoms with Gasteiger partial charge in [-0.1, -0.05) is 164 Å². The number of unbranched alkanes of at least 4 members (excludes halogenated alkanes) is 5. The summed E-state index contributed by atoms with van der Waals surface area (Å²) in [6.45, 7) is 15.3. The molecule has 13 rings (SSSR count). The van der Waals surface area contributed by atoms with Crippen LogP contribution in [0.3, 0.4) is 0 Å². The van der Waals surface area contributed by atoms with Gasteiger partial charge in [-0.2, -0.15) is 37.8 Å². The molecule has 1 unspecified atom stereocenters. The Hall–Kier alpha value is -8.88. The normalized spacial score (nSPS) is 13.0. The van der Waals surface area contributed by atoms with E-state index in [1.54, 1.807) is 17.4 Å². The number of carbonyl (C=O) groups is 4. The van der Waals surface area contributed by atoms with Crippen molar-refractivity contribution in [2.24, 2.45) is 20.7 Å². The number of thioether (sulfide) groups is 1. The Morgan fingerprint density at radius 3 is 1.89 bits per heavy atom. The zero-order chi connectivity index (χ0) is 97.1. The van der Waals surface area contributed by atoms with Gasteiger partial charge >= 0.3 is 25.1 Å². The Labute approximate surface area is 815 Å². The fourth-order valence-electron chi connectivity index (χ4n) is 10.2. The number of aromatic nitrogens is 9. The quantitative estimate of drug-likeness (QED) is 0.0109. The molecule has 1 saturated heterocycles. The number of nitrogens with one attached hydrogen (secondary N) is 5. The first-order chi connectivity index (χ1) is 61.7. The number of para-hydroxylation sites is 3. The van der Waals surface area contributed by atoms with Crippen LogP contribution in [-0.2, 0) is 22.9 Å². The topological polar surface area (TPSA) is 353 Å². The van der Waals surface area contributed by atoms with Crippen molar-refractivity contribution in [2.45, 2.75) is 135 Å². The van der Waals surface area contributed by atoms with Crippen LogP contribution in [0.5, 0.6) is 10.9 Å². The van der Waals surface area contributed by atoms with Crippen LogP contribution in [0.4, 0.5) is 79.7 Å². The van der Waals surface area contributed by atoms with Gasteiger partial charge in [-0.3, -0.25) is 37.8 Å². The predicted molar refractivity (Wildman–Crippen MR) is 510 cm³/mol. The maximum absolute atomic E-state index is 13.0. The maximum Gasteiger partial charge on any atom is 0.573 e. The van der Waals surface area contributed by atoms with Crippen LogP contribution in [0.15, 0.2) is 160 Å². The zero-order valence-electron chi connectivity index (χ0n) is 69.1. The summed E-state index contributed by atoms with van der Waals surface area (Å²) in [5.74, 6) is -2.03. The number of thiophene rings is 1. The third-order valence-electron chi connectivity index (χ3n) is 15.5. The number of aryl methyl sites for hydroxylation is 5. The standard InChI is InChI=1S/C14H16N4OS2.C13H6Br2F6N2O2S.C12H7ClF6N4S.C12H12N2OS.C11H19NOS.C10H7N3S.C5H5Cl3N2OS.CH3NOS/c1-3-9-12(21-14(18-9)16-4-2)13(19)17-10(8-15)11-6-5-7-20-11;1-4-22-10(12(16,17)18)9(26-4)11(24)23-8-6(14)2-5(3-7(8)15)25-13(19,20)21;1-20-10-23(7-4-2-6(13)3-5-7)8(21-11(14,15)16)9(24-10)22-12(17,18)19;1-8-11(16-9(2)13-8)12(15)14-10-6-4-3-5-7-10;1-2-3-4-5-6-7-9-12-11(13)8-10-14-12;1-2-4-8-7(3-1)12-10(13-8)9-5-14-6-11-9;1-2-11-4-9-3(10-12-4)5(6,7)8;2-1(3)4/h5-7,10H,3-4H2,1-2H3,(H,16,18)(H,17,19);2-3H,1H3,(H,23,24);2-5H,1H3;3-7H,1-2H3,(H,14,15);8,10H,2-7,9H2,1H3;1-6H,(H,12,13);2H2,1H3;(H3,2,3,4). The van der Waals surface area contributed by atoms with E-state index in [1.165, 1.54) is 116 Å². The summed E-state index contributed by atoms with van der Waals surface area (Å²) in [7, 11) is 1.23. The fourth-order valence-corrected chi connectivity index (χ4v) is 18.3. The minimum atomic E-state index is -5.09. The van der Waals surface area contributed by atoms with Crippen LogP contribution in [0, 0.1) is 32.1 Å². The lowest BCUT2D eigenvalue weighted by atomic mass is 10.1. The Morgan fingerprint density at radius 2 is 1.36 bits per heavy atom. The summed E-state index contributed by atoms with van der Waals surface area (Å²) in [4.78, 5) is 95.2. The average molecular weight is 2210 g/mol. The van der Waals surface area contributed by atoms with E-state index in [9.17, 15) is 77.1 Å². The second-order valence-corrected chi connectivity index (χ2v) is 37.9. The number of nitrogens with zero attached hydrogens (tertiary/aromatic N) is 13. The molecule has 0 radical (unpaired) electrons. The highest BCUT2D eigenvalue weighted by molar-refractivity contribution is 9.11. The minimum Gasteiger partial charge on any atom is -0.469 e. The van der Waals surface area contributed by atoms with Crippen LogP contribution >= 0.6 is 182 Å². The van der Waals surface area contributed by atoms with E-state index in [-0.39, 0.29) is 53.7 Å². The lowest BCUT2D eigenvalue weighted by molar-refractivity contribution is -0.274. The Bertz CT molecular complexity index is 5810. The van der Waals surface area contributed by atoms with Gasteiger partial charge in [0.05, 0.1) is 56.3 Å². The minimum absolute atomic E-state index is 0.0331. The molecule has 26 nitrogen and oxygen atoms in total. The third-order valence-corrected chi connectivity index (χ3v) is 24.7. The van der Waals surface area contributed by atoms with Crippen molar-refractivity contribution in [2.75, 3.05) is 41.0 Å². The van der Waals surface area contributed by atoms with Crippen LogP contribution in [0.25, 0.3) is 22.6 Å². The molecule has 1 atom stereocenters. The largest absolute Gasteiger partial charge is 0.573 e. The molecule has 0 saturated carbocycles. The first-order valence-electron chi connectivity index (χ1n) is 37.6. The van der Waals surface area contributed by atoms with E-state index in [0.717, 1.165) is 103 Å². The monoisotopic (exact) mass is 2200 g/mol. The summed E-state index contributed by atoms with van der Waals surface area (Å²) in [6, 6.07) is 31.5. The molecule has 0 bridgehead atoms. The number of thiol groups is 1. The number of hydrogen-bond acceptors (Lipinski definition) is 27. The van der Waals surface area contributed by atoms with E-state index in [0.29, 0.717) is 56.1 Å². The summed E-state index contributed by atoms with van der Waals surface area (Å²) in [5, 5.41) is 26.6. The number of rotatable bonds is 22. The van der Waals surface area contributed by atoms with Crippen LogP contribution in [0.2, 0.25) is 5.02 Å². The van der Waals surface area contributed by atoms with E-state index >= 15 is 0 Å². The van der Waals surface area contributed by atoms with Crippen LogP contribution in [-0.4, -0.2) is 121 Å². The van der Waals surface area contributed by atoms with E-state index in [4.69, 9.17) is 55.9 Å². The van der Waals surface area contributed by atoms with Gasteiger partial charge in [-0.25, -0.2) is 24.9 Å². The number of primary amides is 1. The number of ether oxygens (including phenoxy) is 2. The van der Waals surface area contributed by atoms with Crippen LogP contribution < -0.4 is 46.9 Å². The molecule has 1 aliphatic rings. The highest BCUT2D eigenvalue weighted by Crippen LogP contribution is 2.42. The predicted octanol–water partition coefficient (Wildman–Crippen LogP) is 25.8. The molecule has 53 heteroatoms. The zero-order valence-corrected chi connectivity index (χ0v) is 82.7. The molecule has 12 aromatic rings. The molecule has 4 aromatic carbocycles. The fraction of sp³-hybridized carbons (Fsp3) is 0.308. The molecular weight excluding hydrogens is 2130 g/mol. The number of imidazole rings is 1. The smallest absolute Gasteiger partial charge is 0.469 e. The number of benzene rings is 4. The molecule has 8 aromatic heterocycles. The summed E-state index contributed by atoms with van der Waals surface area (Å²) < 4.78 is 164. The maximum atomic E-state index is 13.0. The lowest BCUT2D eigenvalue weighted by Gasteiger charge is -2.18. The van der Waals surface area contributed by atoms with Crippen molar-refractivity contribution in [3.63, 3.8) is 0 Å². The number of anilines is 4. The van der Waals surface area contributed by atoms with Gasteiger partial charge in [0.2, 0.25) is 0 Å². The van der Waals surface area contributed by atoms with Crippen molar-refractivity contribution in [3.05, 3.63) is 208 Å². The molecule has 1 fully saturated rings. The number of amidine groups is 2. The number of carbonyl (C=O) groups excluding carboxylic acids is 4. The molecule has 7 N–H and O–H groups in total. The molecular formula is C78H75Br2Cl4F12N19O7S9. The lowest BCUT2D eigenvalue weighted by Crippen LogP contribution is -2.33. The van der Waals surface area contributed by atoms with Gasteiger partial charge in [0.25, 0.3) is 37.5 Å². The number of amides is 4. The van der Waals surface area contributed by atoms with Gasteiger partial charge in [0, 0.05) is 78.7 Å². The average Bonchev–Trinajstić information content (AvgIpc) is 1.58. The van der Waals surface area contributed by atoms with Crippen molar-refractivity contribution in [1.82, 2.24) is 48.5 Å². The summed E-state index contributed by atoms with van der Waals surface area (Å²) >= 11 is 40.5. The number of thiazole rings is 4. The van der Waals surface area contributed by atoms with E-state index < -0.39 is 73.3 Å². The number of hydrogen-bond donors (Lipinski definition) is 7. The van der Waals surface area contributed by atoms with Crippen molar-refractivity contribution < 1.29 is 81.3 Å². The molecule has 0 aliphatic carbocycles. The number of nitrogens with two attached hydrogens (primary N) is 1. The number of aromatic amines is 1. The molecule has 1 aliphatic heterocycles. The molecule has 4 amide bonds. The Morgan fingerprint density at radius 1 is 0.733 bits per heavy atom.